The molecule has 0 radical (unpaired) electrons. The zero-order valence-electron chi connectivity index (χ0n) is 12.9. The van der Waals surface area contributed by atoms with Gasteiger partial charge in [0.05, 0.1) is 12.7 Å². The Bertz CT molecular complexity index is 426. The van der Waals surface area contributed by atoms with E-state index in [1.807, 2.05) is 25.1 Å². The summed E-state index contributed by atoms with van der Waals surface area (Å²) in [5.41, 5.74) is 7.60. The van der Waals surface area contributed by atoms with Crippen LogP contribution in [0, 0.1) is 0 Å². The lowest BCUT2D eigenvalue weighted by Crippen LogP contribution is -2.29. The fourth-order valence-corrected chi connectivity index (χ4v) is 2.15. The molecule has 114 valence electrons. The fourth-order valence-electron chi connectivity index (χ4n) is 2.15. The highest BCUT2D eigenvalue weighted by atomic mass is 16.5. The van der Waals surface area contributed by atoms with Gasteiger partial charge >= 0.3 is 0 Å². The standard InChI is InChI=1S/C16H27NO3/c1-5-20-14-7-6-11(10-12(14)16(2,3)4)15(19)13(17)8-9-18/h6-7,10,13,15,18-19H,5,8-9,17H2,1-4H3. The molecule has 4 nitrogen and oxygen atoms in total. The normalized spacial score (nSPS) is 14.9. The number of benzene rings is 1. The Kier molecular flexibility index (Phi) is 5.99. The van der Waals surface area contributed by atoms with Crippen LogP contribution in [0.15, 0.2) is 18.2 Å². The Morgan fingerprint density at radius 3 is 2.45 bits per heavy atom. The van der Waals surface area contributed by atoms with Crippen molar-refractivity contribution in [2.45, 2.75) is 51.7 Å². The van der Waals surface area contributed by atoms with Crippen LogP contribution in [0.5, 0.6) is 5.75 Å². The zero-order valence-corrected chi connectivity index (χ0v) is 12.9. The van der Waals surface area contributed by atoms with Crippen molar-refractivity contribution in [3.63, 3.8) is 0 Å². The van der Waals surface area contributed by atoms with E-state index in [1.54, 1.807) is 0 Å². The molecule has 2 unspecified atom stereocenters. The number of hydrogen-bond donors (Lipinski definition) is 3. The molecule has 1 aromatic carbocycles. The monoisotopic (exact) mass is 281 g/mol. The summed E-state index contributed by atoms with van der Waals surface area (Å²) >= 11 is 0. The Labute approximate surface area is 121 Å². The van der Waals surface area contributed by atoms with Gasteiger partial charge < -0.3 is 20.7 Å². The van der Waals surface area contributed by atoms with Gasteiger partial charge in [0.25, 0.3) is 0 Å². The first kappa shape index (κ1) is 17.0. The van der Waals surface area contributed by atoms with Gasteiger partial charge in [-0.1, -0.05) is 26.8 Å². The predicted molar refractivity (Wildman–Crippen MR) is 80.9 cm³/mol. The first-order valence-electron chi connectivity index (χ1n) is 7.13. The Hall–Kier alpha value is -1.10. The lowest BCUT2D eigenvalue weighted by Gasteiger charge is -2.25. The van der Waals surface area contributed by atoms with Crippen molar-refractivity contribution in [2.75, 3.05) is 13.2 Å². The van der Waals surface area contributed by atoms with Gasteiger partial charge in [0, 0.05) is 12.6 Å². The number of rotatable bonds is 6. The third kappa shape index (κ3) is 4.20. The third-order valence-corrected chi connectivity index (χ3v) is 3.32. The van der Waals surface area contributed by atoms with E-state index >= 15 is 0 Å². The van der Waals surface area contributed by atoms with Crippen LogP contribution in [0.25, 0.3) is 0 Å². The summed E-state index contributed by atoms with van der Waals surface area (Å²) < 4.78 is 5.65. The minimum atomic E-state index is -0.779. The largest absolute Gasteiger partial charge is 0.494 e. The lowest BCUT2D eigenvalue weighted by molar-refractivity contribution is 0.129. The van der Waals surface area contributed by atoms with E-state index in [2.05, 4.69) is 20.8 Å². The molecular formula is C16H27NO3. The predicted octanol–water partition coefficient (Wildman–Crippen LogP) is 2.13. The second-order valence-corrected chi connectivity index (χ2v) is 6.06. The second-order valence-electron chi connectivity index (χ2n) is 6.06. The van der Waals surface area contributed by atoms with Crippen LogP contribution >= 0.6 is 0 Å². The smallest absolute Gasteiger partial charge is 0.123 e. The molecule has 0 fully saturated rings. The number of hydrogen-bond acceptors (Lipinski definition) is 4. The van der Waals surface area contributed by atoms with E-state index in [0.29, 0.717) is 13.0 Å². The molecule has 0 bridgehead atoms. The van der Waals surface area contributed by atoms with E-state index in [9.17, 15) is 5.11 Å². The maximum absolute atomic E-state index is 10.3. The van der Waals surface area contributed by atoms with Gasteiger partial charge in [0.1, 0.15) is 5.75 Å². The summed E-state index contributed by atoms with van der Waals surface area (Å²) in [4.78, 5) is 0. The summed E-state index contributed by atoms with van der Waals surface area (Å²) in [7, 11) is 0. The molecule has 0 saturated carbocycles. The highest BCUT2D eigenvalue weighted by Gasteiger charge is 2.23. The summed E-state index contributed by atoms with van der Waals surface area (Å²) in [6.07, 6.45) is -0.405. The summed E-state index contributed by atoms with van der Waals surface area (Å²) in [6.45, 7) is 8.85. The average molecular weight is 281 g/mol. The number of nitrogens with two attached hydrogens (primary N) is 1. The van der Waals surface area contributed by atoms with Crippen molar-refractivity contribution in [2.24, 2.45) is 5.73 Å². The zero-order chi connectivity index (χ0) is 15.3. The first-order valence-corrected chi connectivity index (χ1v) is 7.13. The van der Waals surface area contributed by atoms with Crippen LogP contribution < -0.4 is 10.5 Å². The highest BCUT2D eigenvalue weighted by molar-refractivity contribution is 5.42. The first-order chi connectivity index (χ1) is 9.31. The Morgan fingerprint density at radius 2 is 1.95 bits per heavy atom. The van der Waals surface area contributed by atoms with Crippen LogP contribution in [-0.4, -0.2) is 29.5 Å². The minimum absolute atomic E-state index is 0.0264. The summed E-state index contributed by atoms with van der Waals surface area (Å²) in [5.74, 6) is 0.840. The summed E-state index contributed by atoms with van der Waals surface area (Å²) in [6, 6.07) is 5.20. The summed E-state index contributed by atoms with van der Waals surface area (Å²) in [5, 5.41) is 19.2. The molecule has 0 saturated heterocycles. The number of aliphatic hydroxyl groups is 2. The quantitative estimate of drug-likeness (QED) is 0.746. The van der Waals surface area contributed by atoms with Crippen molar-refractivity contribution >= 4 is 0 Å². The Morgan fingerprint density at radius 1 is 1.30 bits per heavy atom. The molecule has 4 heteroatoms. The second kappa shape index (κ2) is 7.07. The molecule has 0 aliphatic rings. The lowest BCUT2D eigenvalue weighted by atomic mass is 9.84. The van der Waals surface area contributed by atoms with Crippen LogP contribution in [0.3, 0.4) is 0 Å². The molecule has 4 N–H and O–H groups in total. The van der Waals surface area contributed by atoms with Crippen molar-refractivity contribution in [1.29, 1.82) is 0 Å². The highest BCUT2D eigenvalue weighted by Crippen LogP contribution is 2.34. The maximum atomic E-state index is 10.3. The van der Waals surface area contributed by atoms with Gasteiger partial charge in [-0.3, -0.25) is 0 Å². The van der Waals surface area contributed by atoms with Crippen LogP contribution in [-0.2, 0) is 5.41 Å². The van der Waals surface area contributed by atoms with Crippen LogP contribution in [0.1, 0.15) is 51.3 Å². The number of ether oxygens (including phenoxy) is 1. The van der Waals surface area contributed by atoms with Crippen LogP contribution in [0.2, 0.25) is 0 Å². The molecule has 20 heavy (non-hydrogen) atoms. The minimum Gasteiger partial charge on any atom is -0.494 e. The Balaban J connectivity index is 3.12. The molecule has 0 amide bonds. The van der Waals surface area contributed by atoms with Crippen molar-refractivity contribution < 1.29 is 14.9 Å². The molecule has 0 heterocycles. The molecular weight excluding hydrogens is 254 g/mol. The molecule has 1 aromatic rings. The molecule has 0 aliphatic carbocycles. The van der Waals surface area contributed by atoms with Gasteiger partial charge in [-0.2, -0.15) is 0 Å². The van der Waals surface area contributed by atoms with Crippen LogP contribution in [0.4, 0.5) is 0 Å². The van der Waals surface area contributed by atoms with E-state index in [4.69, 9.17) is 15.6 Å². The fraction of sp³-hybridized carbons (Fsp3) is 0.625. The van der Waals surface area contributed by atoms with Gasteiger partial charge in [-0.05, 0) is 42.0 Å². The molecule has 0 spiro atoms. The topological polar surface area (TPSA) is 75.7 Å². The SMILES string of the molecule is CCOc1ccc(C(O)C(N)CCO)cc1C(C)(C)C. The number of aliphatic hydroxyl groups excluding tert-OH is 2. The molecule has 0 aliphatic heterocycles. The maximum Gasteiger partial charge on any atom is 0.123 e. The third-order valence-electron chi connectivity index (χ3n) is 3.32. The molecule has 2 atom stereocenters. The van der Waals surface area contributed by atoms with E-state index in [-0.39, 0.29) is 12.0 Å². The van der Waals surface area contributed by atoms with E-state index < -0.39 is 12.1 Å². The van der Waals surface area contributed by atoms with Gasteiger partial charge in [0.2, 0.25) is 0 Å². The molecule has 0 aromatic heterocycles. The molecule has 1 rings (SSSR count). The van der Waals surface area contributed by atoms with Gasteiger partial charge in [0.15, 0.2) is 0 Å². The van der Waals surface area contributed by atoms with Gasteiger partial charge in [-0.25, -0.2) is 0 Å². The van der Waals surface area contributed by atoms with E-state index in [0.717, 1.165) is 16.9 Å². The van der Waals surface area contributed by atoms with E-state index in [1.165, 1.54) is 0 Å². The average Bonchev–Trinajstić information content (AvgIpc) is 2.37. The van der Waals surface area contributed by atoms with Crippen molar-refractivity contribution in [3.8, 4) is 5.75 Å². The van der Waals surface area contributed by atoms with Crippen molar-refractivity contribution in [3.05, 3.63) is 29.3 Å². The van der Waals surface area contributed by atoms with Gasteiger partial charge in [-0.15, -0.1) is 0 Å². The van der Waals surface area contributed by atoms with Crippen molar-refractivity contribution in [1.82, 2.24) is 0 Å².